The third-order valence-electron chi connectivity index (χ3n) is 5.74. The summed E-state index contributed by atoms with van der Waals surface area (Å²) in [7, 11) is 1.55. The number of amides is 2. The van der Waals surface area contributed by atoms with E-state index < -0.39 is 17.2 Å². The van der Waals surface area contributed by atoms with Crippen molar-refractivity contribution in [2.45, 2.75) is 50.4 Å². The molecule has 3 rings (SSSR count). The number of hydrogen-bond donors (Lipinski definition) is 2. The van der Waals surface area contributed by atoms with Crippen LogP contribution in [0.3, 0.4) is 0 Å². The van der Waals surface area contributed by atoms with Gasteiger partial charge in [-0.2, -0.15) is 0 Å². The minimum atomic E-state index is -1.09. The minimum Gasteiger partial charge on any atom is -0.497 e. The Balaban J connectivity index is 1.64. The highest BCUT2D eigenvalue weighted by Gasteiger charge is 2.49. The molecule has 1 aromatic carbocycles. The Morgan fingerprint density at radius 1 is 1.33 bits per heavy atom. The van der Waals surface area contributed by atoms with Gasteiger partial charge in [-0.25, -0.2) is 0 Å². The molecule has 2 amide bonds. The van der Waals surface area contributed by atoms with Gasteiger partial charge in [0.05, 0.1) is 31.0 Å². The lowest BCUT2D eigenvalue weighted by atomic mass is 9.75. The van der Waals surface area contributed by atoms with Crippen molar-refractivity contribution in [3.05, 3.63) is 29.8 Å². The summed E-state index contributed by atoms with van der Waals surface area (Å²) in [5, 5.41) is 13.9. The first kappa shape index (κ1) is 19.6. The zero-order valence-electron chi connectivity index (χ0n) is 16.2. The number of aliphatic hydroxyl groups is 1. The van der Waals surface area contributed by atoms with E-state index in [1.165, 1.54) is 0 Å². The molecule has 0 aromatic heterocycles. The zero-order valence-corrected chi connectivity index (χ0v) is 16.2. The van der Waals surface area contributed by atoms with Crippen molar-refractivity contribution < 1.29 is 24.2 Å². The Hall–Kier alpha value is -2.12. The molecule has 2 atom stereocenters. The average Bonchev–Trinajstić information content (AvgIpc) is 2.64. The summed E-state index contributed by atoms with van der Waals surface area (Å²) in [5.41, 5.74) is -1.06. The summed E-state index contributed by atoms with van der Waals surface area (Å²) < 4.78 is 11.3. The van der Waals surface area contributed by atoms with E-state index in [1.54, 1.807) is 50.1 Å². The van der Waals surface area contributed by atoms with Crippen LogP contribution in [0.1, 0.15) is 43.5 Å². The lowest BCUT2D eigenvalue weighted by Crippen LogP contribution is -2.64. The number of piperidine rings is 1. The van der Waals surface area contributed by atoms with Crippen LogP contribution < -0.4 is 10.1 Å². The summed E-state index contributed by atoms with van der Waals surface area (Å²) >= 11 is 0. The fourth-order valence-corrected chi connectivity index (χ4v) is 4.02. The van der Waals surface area contributed by atoms with E-state index in [0.29, 0.717) is 43.7 Å². The van der Waals surface area contributed by atoms with Gasteiger partial charge < -0.3 is 24.8 Å². The Kier molecular flexibility index (Phi) is 5.44. The Bertz CT molecular complexity index is 710. The maximum Gasteiger partial charge on any atom is 0.251 e. The van der Waals surface area contributed by atoms with E-state index >= 15 is 0 Å². The molecule has 2 N–H and O–H groups in total. The molecule has 1 spiro atoms. The smallest absolute Gasteiger partial charge is 0.251 e. The number of hydrogen-bond acceptors (Lipinski definition) is 5. The van der Waals surface area contributed by atoms with Gasteiger partial charge in [0.15, 0.2) is 0 Å². The van der Waals surface area contributed by atoms with Gasteiger partial charge >= 0.3 is 0 Å². The summed E-state index contributed by atoms with van der Waals surface area (Å²) in [6.07, 6.45) is 1.81. The molecule has 148 valence electrons. The number of rotatable bonds is 3. The quantitative estimate of drug-likeness (QED) is 0.831. The van der Waals surface area contributed by atoms with E-state index in [4.69, 9.17) is 9.47 Å². The van der Waals surface area contributed by atoms with E-state index in [9.17, 15) is 14.7 Å². The number of ether oxygens (including phenoxy) is 2. The average molecular weight is 376 g/mol. The fraction of sp³-hybridized carbons (Fsp3) is 0.600. The van der Waals surface area contributed by atoms with Gasteiger partial charge in [0.25, 0.3) is 5.91 Å². The molecule has 2 aliphatic heterocycles. The van der Waals surface area contributed by atoms with Crippen LogP contribution in [-0.4, -0.2) is 65.9 Å². The lowest BCUT2D eigenvalue weighted by Gasteiger charge is -2.51. The van der Waals surface area contributed by atoms with Gasteiger partial charge in [-0.15, -0.1) is 0 Å². The number of methoxy groups -OCH3 is 1. The van der Waals surface area contributed by atoms with Crippen LogP contribution in [0.2, 0.25) is 0 Å². The van der Waals surface area contributed by atoms with Gasteiger partial charge in [0.1, 0.15) is 5.75 Å². The SMILES string of the molecule is COc1cccc(C(=O)N[C@H]2COC3(CCN(C(C)=O)CC3)C[C@]2(C)O)c1. The topological polar surface area (TPSA) is 88.1 Å². The fourth-order valence-electron chi connectivity index (χ4n) is 4.02. The Morgan fingerprint density at radius 3 is 2.63 bits per heavy atom. The molecule has 27 heavy (non-hydrogen) atoms. The zero-order chi connectivity index (χ0) is 19.7. The van der Waals surface area contributed by atoms with Crippen molar-refractivity contribution in [3.8, 4) is 5.75 Å². The normalized spacial score (nSPS) is 27.3. The van der Waals surface area contributed by atoms with Gasteiger partial charge in [-0.3, -0.25) is 9.59 Å². The number of nitrogens with one attached hydrogen (secondary N) is 1. The molecule has 7 nitrogen and oxygen atoms in total. The molecule has 2 heterocycles. The first-order valence-electron chi connectivity index (χ1n) is 9.31. The van der Waals surface area contributed by atoms with E-state index in [2.05, 4.69) is 5.32 Å². The maximum atomic E-state index is 12.6. The maximum absolute atomic E-state index is 12.6. The largest absolute Gasteiger partial charge is 0.497 e. The van der Waals surface area contributed by atoms with Gasteiger partial charge in [0.2, 0.25) is 5.91 Å². The van der Waals surface area contributed by atoms with Gasteiger partial charge in [0, 0.05) is 32.0 Å². The highest BCUT2D eigenvalue weighted by Crippen LogP contribution is 2.39. The summed E-state index contributed by atoms with van der Waals surface area (Å²) in [6, 6.07) is 6.38. The molecule has 1 aromatic rings. The molecule has 2 saturated heterocycles. The van der Waals surface area contributed by atoms with Crippen molar-refractivity contribution in [3.63, 3.8) is 0 Å². The third-order valence-corrected chi connectivity index (χ3v) is 5.74. The molecular formula is C20H28N2O5. The van der Waals surface area contributed by atoms with Crippen molar-refractivity contribution in [1.82, 2.24) is 10.2 Å². The molecule has 0 aliphatic carbocycles. The number of nitrogens with zero attached hydrogens (tertiary/aromatic N) is 1. The number of carbonyl (C=O) groups is 2. The Morgan fingerprint density at radius 2 is 2.04 bits per heavy atom. The van der Waals surface area contributed by atoms with Crippen LogP contribution in [0.15, 0.2) is 24.3 Å². The van der Waals surface area contributed by atoms with Crippen molar-refractivity contribution in [2.75, 3.05) is 26.8 Å². The number of likely N-dealkylation sites (tertiary alicyclic amines) is 1. The first-order valence-corrected chi connectivity index (χ1v) is 9.31. The van der Waals surface area contributed by atoms with Crippen LogP contribution in [0.4, 0.5) is 0 Å². The molecule has 0 radical (unpaired) electrons. The number of benzene rings is 1. The van der Waals surface area contributed by atoms with Crippen molar-refractivity contribution in [2.24, 2.45) is 0 Å². The monoisotopic (exact) mass is 376 g/mol. The van der Waals surface area contributed by atoms with Gasteiger partial charge in [-0.1, -0.05) is 6.07 Å². The predicted molar refractivity (Wildman–Crippen MR) is 99.7 cm³/mol. The van der Waals surface area contributed by atoms with E-state index in [1.807, 2.05) is 0 Å². The van der Waals surface area contributed by atoms with Crippen LogP contribution in [0.5, 0.6) is 5.75 Å². The molecule has 0 unspecified atom stereocenters. The van der Waals surface area contributed by atoms with E-state index in [0.717, 1.165) is 0 Å². The highest BCUT2D eigenvalue weighted by atomic mass is 16.5. The van der Waals surface area contributed by atoms with Gasteiger partial charge in [-0.05, 0) is 38.0 Å². The molecule has 0 bridgehead atoms. The van der Waals surface area contributed by atoms with Crippen LogP contribution in [0, 0.1) is 0 Å². The standard InChI is InChI=1S/C20H28N2O5/c1-14(23)22-9-7-20(8-10-22)13-19(2,25)17(12-27-20)21-18(24)15-5-4-6-16(11-15)26-3/h4-6,11,17,25H,7-10,12-13H2,1-3H3,(H,21,24)/t17-,19-/m0/s1. The predicted octanol–water partition coefficient (Wildman–Crippen LogP) is 1.35. The second-order valence-corrected chi connectivity index (χ2v) is 7.79. The molecular weight excluding hydrogens is 348 g/mol. The lowest BCUT2D eigenvalue weighted by molar-refractivity contribution is -0.187. The first-order chi connectivity index (χ1) is 12.7. The second kappa shape index (κ2) is 7.48. The summed E-state index contributed by atoms with van der Waals surface area (Å²) in [4.78, 5) is 25.9. The highest BCUT2D eigenvalue weighted by molar-refractivity contribution is 5.94. The third kappa shape index (κ3) is 4.25. The summed E-state index contributed by atoms with van der Waals surface area (Å²) in [6.45, 7) is 4.81. The van der Waals surface area contributed by atoms with E-state index in [-0.39, 0.29) is 18.4 Å². The van der Waals surface area contributed by atoms with Crippen LogP contribution in [0.25, 0.3) is 0 Å². The van der Waals surface area contributed by atoms with Crippen LogP contribution in [-0.2, 0) is 9.53 Å². The van der Waals surface area contributed by atoms with Crippen molar-refractivity contribution in [1.29, 1.82) is 0 Å². The summed E-state index contributed by atoms with van der Waals surface area (Å²) in [5.74, 6) is 0.395. The molecule has 7 heteroatoms. The minimum absolute atomic E-state index is 0.0656. The van der Waals surface area contributed by atoms with Crippen molar-refractivity contribution >= 4 is 11.8 Å². The molecule has 0 saturated carbocycles. The van der Waals surface area contributed by atoms with Crippen LogP contribution >= 0.6 is 0 Å². The molecule has 2 fully saturated rings. The number of carbonyl (C=O) groups excluding carboxylic acids is 2. The second-order valence-electron chi connectivity index (χ2n) is 7.79. The molecule has 2 aliphatic rings. The Labute approximate surface area is 159 Å².